The van der Waals surface area contributed by atoms with Gasteiger partial charge in [0, 0.05) is 12.5 Å². The number of nitrogens with one attached hydrogen (secondary N) is 1. The van der Waals surface area contributed by atoms with E-state index in [1.165, 1.54) is 6.07 Å². The van der Waals surface area contributed by atoms with Crippen molar-refractivity contribution >= 4 is 11.9 Å². The van der Waals surface area contributed by atoms with Crippen LogP contribution in [0.3, 0.4) is 0 Å². The fourth-order valence-corrected chi connectivity index (χ4v) is 1.98. The second-order valence-corrected chi connectivity index (χ2v) is 4.69. The Bertz CT molecular complexity index is 622. The van der Waals surface area contributed by atoms with E-state index in [1.54, 1.807) is 6.92 Å². The van der Waals surface area contributed by atoms with Crippen LogP contribution in [0.1, 0.15) is 40.7 Å². The van der Waals surface area contributed by atoms with Crippen molar-refractivity contribution in [3.63, 3.8) is 0 Å². The summed E-state index contributed by atoms with van der Waals surface area (Å²) in [5, 5.41) is 15.3. The Hall–Kier alpha value is -2.63. The molecule has 2 aromatic rings. The third-order valence-corrected chi connectivity index (χ3v) is 3.01. The SMILES string of the molecule is Cc1cc(C(=O)NC(CCC(=O)O)c2ccccc2)no1. The lowest BCUT2D eigenvalue weighted by molar-refractivity contribution is -0.137. The number of amides is 1. The lowest BCUT2D eigenvalue weighted by Crippen LogP contribution is -2.29. The average molecular weight is 288 g/mol. The van der Waals surface area contributed by atoms with Crippen LogP contribution >= 0.6 is 0 Å². The van der Waals surface area contributed by atoms with Crippen LogP contribution in [0.2, 0.25) is 0 Å². The first-order valence-corrected chi connectivity index (χ1v) is 6.57. The molecule has 0 aliphatic rings. The molecular formula is C15H16N2O4. The molecule has 0 radical (unpaired) electrons. The molecule has 0 aliphatic carbocycles. The molecule has 21 heavy (non-hydrogen) atoms. The number of carbonyl (C=O) groups excluding carboxylic acids is 1. The monoisotopic (exact) mass is 288 g/mol. The Morgan fingerprint density at radius 2 is 2.05 bits per heavy atom. The van der Waals surface area contributed by atoms with E-state index in [9.17, 15) is 9.59 Å². The Morgan fingerprint density at radius 1 is 1.33 bits per heavy atom. The molecule has 0 saturated heterocycles. The summed E-state index contributed by atoms with van der Waals surface area (Å²) in [6, 6.07) is 10.4. The summed E-state index contributed by atoms with van der Waals surface area (Å²) in [4.78, 5) is 22.9. The quantitative estimate of drug-likeness (QED) is 0.851. The number of hydrogen-bond donors (Lipinski definition) is 2. The second kappa shape index (κ2) is 6.69. The molecule has 0 spiro atoms. The maximum atomic E-state index is 12.1. The van der Waals surface area contributed by atoms with Gasteiger partial charge in [0.1, 0.15) is 5.76 Å². The molecule has 2 N–H and O–H groups in total. The number of aryl methyl sites for hydroxylation is 1. The van der Waals surface area contributed by atoms with Gasteiger partial charge in [-0.2, -0.15) is 0 Å². The minimum absolute atomic E-state index is 0.0301. The lowest BCUT2D eigenvalue weighted by atomic mass is 10.0. The Morgan fingerprint density at radius 3 is 2.62 bits per heavy atom. The van der Waals surface area contributed by atoms with E-state index >= 15 is 0 Å². The standard InChI is InChI=1S/C15H16N2O4/c1-10-9-13(17-21-10)15(20)16-12(7-8-14(18)19)11-5-3-2-4-6-11/h2-6,9,12H,7-8H2,1H3,(H,16,20)(H,18,19). The van der Waals surface area contributed by atoms with Crippen LogP contribution < -0.4 is 5.32 Å². The highest BCUT2D eigenvalue weighted by molar-refractivity contribution is 5.92. The van der Waals surface area contributed by atoms with Crippen LogP contribution in [0.25, 0.3) is 0 Å². The van der Waals surface area contributed by atoms with Gasteiger partial charge in [0.05, 0.1) is 6.04 Å². The van der Waals surface area contributed by atoms with E-state index in [0.29, 0.717) is 12.2 Å². The highest BCUT2D eigenvalue weighted by Crippen LogP contribution is 2.19. The zero-order chi connectivity index (χ0) is 15.2. The first-order valence-electron chi connectivity index (χ1n) is 6.57. The normalized spacial score (nSPS) is 11.9. The summed E-state index contributed by atoms with van der Waals surface area (Å²) < 4.78 is 4.87. The van der Waals surface area contributed by atoms with Crippen molar-refractivity contribution in [3.05, 3.63) is 53.4 Å². The van der Waals surface area contributed by atoms with Crippen LogP contribution in [0.5, 0.6) is 0 Å². The van der Waals surface area contributed by atoms with Gasteiger partial charge in [0.25, 0.3) is 5.91 Å². The van der Waals surface area contributed by atoms with Gasteiger partial charge in [-0.1, -0.05) is 35.5 Å². The van der Waals surface area contributed by atoms with Crippen molar-refractivity contribution in [2.45, 2.75) is 25.8 Å². The van der Waals surface area contributed by atoms with Crippen molar-refractivity contribution in [3.8, 4) is 0 Å². The highest BCUT2D eigenvalue weighted by atomic mass is 16.5. The van der Waals surface area contributed by atoms with Crippen molar-refractivity contribution in [2.75, 3.05) is 0 Å². The molecule has 1 heterocycles. The number of carboxylic acids is 1. The molecule has 6 heteroatoms. The van der Waals surface area contributed by atoms with Gasteiger partial charge in [-0.25, -0.2) is 0 Å². The van der Waals surface area contributed by atoms with E-state index < -0.39 is 5.97 Å². The number of carboxylic acid groups (broad SMARTS) is 1. The Kier molecular flexibility index (Phi) is 4.71. The molecule has 0 aliphatic heterocycles. The zero-order valence-corrected chi connectivity index (χ0v) is 11.6. The fraction of sp³-hybridized carbons (Fsp3) is 0.267. The van der Waals surface area contributed by atoms with Crippen molar-refractivity contribution in [2.24, 2.45) is 0 Å². The van der Waals surface area contributed by atoms with Crippen molar-refractivity contribution in [1.29, 1.82) is 0 Å². The van der Waals surface area contributed by atoms with Gasteiger partial charge in [0.15, 0.2) is 5.69 Å². The predicted octanol–water partition coefficient (Wildman–Crippen LogP) is 2.32. The van der Waals surface area contributed by atoms with Crippen LogP contribution in [0.15, 0.2) is 40.9 Å². The second-order valence-electron chi connectivity index (χ2n) is 4.69. The molecule has 1 amide bonds. The van der Waals surface area contributed by atoms with Gasteiger partial charge in [-0.3, -0.25) is 9.59 Å². The van der Waals surface area contributed by atoms with Crippen LogP contribution in [-0.2, 0) is 4.79 Å². The summed E-state index contributed by atoms with van der Waals surface area (Å²) in [5.41, 5.74) is 1.04. The van der Waals surface area contributed by atoms with E-state index in [0.717, 1.165) is 5.56 Å². The van der Waals surface area contributed by atoms with Crippen LogP contribution in [-0.4, -0.2) is 22.1 Å². The van der Waals surface area contributed by atoms with Crippen LogP contribution in [0, 0.1) is 6.92 Å². The summed E-state index contributed by atoms with van der Waals surface area (Å²) in [7, 11) is 0. The number of aromatic nitrogens is 1. The first kappa shape index (κ1) is 14.8. The smallest absolute Gasteiger partial charge is 0.303 e. The lowest BCUT2D eigenvalue weighted by Gasteiger charge is -2.17. The molecule has 1 aromatic heterocycles. The molecule has 6 nitrogen and oxygen atoms in total. The van der Waals surface area contributed by atoms with E-state index in [4.69, 9.17) is 9.63 Å². The average Bonchev–Trinajstić information content (AvgIpc) is 2.90. The number of hydrogen-bond acceptors (Lipinski definition) is 4. The molecule has 1 unspecified atom stereocenters. The molecule has 0 bridgehead atoms. The Labute approximate surface area is 121 Å². The maximum Gasteiger partial charge on any atom is 0.303 e. The van der Waals surface area contributed by atoms with Gasteiger partial charge in [-0.05, 0) is 18.9 Å². The predicted molar refractivity (Wildman–Crippen MR) is 74.8 cm³/mol. The fourth-order valence-electron chi connectivity index (χ4n) is 1.98. The van der Waals surface area contributed by atoms with Gasteiger partial charge in [-0.15, -0.1) is 0 Å². The third-order valence-electron chi connectivity index (χ3n) is 3.01. The summed E-state index contributed by atoms with van der Waals surface area (Å²) in [6.45, 7) is 1.70. The number of rotatable bonds is 6. The van der Waals surface area contributed by atoms with Crippen molar-refractivity contribution in [1.82, 2.24) is 10.5 Å². The number of carbonyl (C=O) groups is 2. The summed E-state index contributed by atoms with van der Waals surface area (Å²) >= 11 is 0. The molecule has 1 aromatic carbocycles. The summed E-state index contributed by atoms with van der Waals surface area (Å²) in [6.07, 6.45) is 0.277. The van der Waals surface area contributed by atoms with Gasteiger partial charge >= 0.3 is 5.97 Å². The number of benzene rings is 1. The highest BCUT2D eigenvalue weighted by Gasteiger charge is 2.19. The molecule has 110 valence electrons. The van der Waals surface area contributed by atoms with E-state index in [1.807, 2.05) is 30.3 Å². The third kappa shape index (κ3) is 4.17. The minimum Gasteiger partial charge on any atom is -0.481 e. The zero-order valence-electron chi connectivity index (χ0n) is 11.6. The largest absolute Gasteiger partial charge is 0.481 e. The maximum absolute atomic E-state index is 12.1. The Balaban J connectivity index is 2.12. The number of aliphatic carboxylic acids is 1. The summed E-state index contributed by atoms with van der Waals surface area (Å²) in [5.74, 6) is -0.740. The first-order chi connectivity index (χ1) is 10.1. The van der Waals surface area contributed by atoms with Crippen LogP contribution in [0.4, 0.5) is 0 Å². The van der Waals surface area contributed by atoms with Crippen molar-refractivity contribution < 1.29 is 19.2 Å². The molecule has 0 saturated carbocycles. The van der Waals surface area contributed by atoms with Gasteiger partial charge < -0.3 is 14.9 Å². The van der Waals surface area contributed by atoms with E-state index in [2.05, 4.69) is 10.5 Å². The molecule has 2 rings (SSSR count). The van der Waals surface area contributed by atoms with Gasteiger partial charge in [0.2, 0.25) is 0 Å². The molecule has 1 atom stereocenters. The molecular weight excluding hydrogens is 272 g/mol. The minimum atomic E-state index is -0.900. The number of nitrogens with zero attached hydrogens (tertiary/aromatic N) is 1. The van der Waals surface area contributed by atoms with E-state index in [-0.39, 0.29) is 24.1 Å². The topological polar surface area (TPSA) is 92.4 Å². The molecule has 0 fully saturated rings.